The number of thiol groups is 1. The highest BCUT2D eigenvalue weighted by Crippen LogP contribution is 2.26. The lowest BCUT2D eigenvalue weighted by molar-refractivity contribution is 0.116. The van der Waals surface area contributed by atoms with Gasteiger partial charge >= 0.3 is 0 Å². The fourth-order valence-corrected chi connectivity index (χ4v) is 1.70. The Labute approximate surface area is 91.6 Å². The molecule has 0 saturated carbocycles. The normalized spacial score (nSPS) is 15.5. The molecule has 1 aromatic rings. The molecule has 1 nitrogen and oxygen atoms in total. The van der Waals surface area contributed by atoms with Gasteiger partial charge < -0.3 is 5.11 Å². The van der Waals surface area contributed by atoms with Crippen molar-refractivity contribution in [3.05, 3.63) is 35.9 Å². The van der Waals surface area contributed by atoms with Crippen molar-refractivity contribution in [2.24, 2.45) is 5.92 Å². The summed E-state index contributed by atoms with van der Waals surface area (Å²) in [6.07, 6.45) is 0.447. The standard InChI is InChI=1S/C12H18OS/c1-9(2)11(13)8-12(14)10-6-4-3-5-7-10/h3-7,9,11-14H,8H2,1-2H3/t11-,12+/m1/s1. The molecule has 1 aromatic carbocycles. The van der Waals surface area contributed by atoms with Crippen LogP contribution in [-0.4, -0.2) is 11.2 Å². The van der Waals surface area contributed by atoms with Gasteiger partial charge in [0.1, 0.15) is 0 Å². The van der Waals surface area contributed by atoms with Crippen molar-refractivity contribution in [3.8, 4) is 0 Å². The minimum Gasteiger partial charge on any atom is -0.393 e. The van der Waals surface area contributed by atoms with Gasteiger partial charge in [0.15, 0.2) is 0 Å². The van der Waals surface area contributed by atoms with E-state index in [1.165, 1.54) is 5.56 Å². The van der Waals surface area contributed by atoms with Crippen LogP contribution in [0.25, 0.3) is 0 Å². The van der Waals surface area contributed by atoms with Crippen LogP contribution in [0.3, 0.4) is 0 Å². The predicted molar refractivity (Wildman–Crippen MR) is 63.6 cm³/mol. The highest BCUT2D eigenvalue weighted by Gasteiger charge is 2.15. The largest absolute Gasteiger partial charge is 0.393 e. The number of aliphatic hydroxyl groups is 1. The fraction of sp³-hybridized carbons (Fsp3) is 0.500. The zero-order valence-electron chi connectivity index (χ0n) is 8.72. The van der Waals surface area contributed by atoms with Crippen molar-refractivity contribution in [2.45, 2.75) is 31.6 Å². The molecule has 14 heavy (non-hydrogen) atoms. The van der Waals surface area contributed by atoms with Gasteiger partial charge in [-0.2, -0.15) is 12.6 Å². The molecule has 1 rings (SSSR count). The maximum atomic E-state index is 9.71. The van der Waals surface area contributed by atoms with E-state index in [2.05, 4.69) is 12.6 Å². The molecule has 78 valence electrons. The van der Waals surface area contributed by atoms with Crippen molar-refractivity contribution in [3.63, 3.8) is 0 Å². The Kier molecular flexibility index (Phi) is 4.49. The maximum Gasteiger partial charge on any atom is 0.0576 e. The summed E-state index contributed by atoms with van der Waals surface area (Å²) in [5.74, 6) is 0.299. The zero-order chi connectivity index (χ0) is 10.6. The first-order chi connectivity index (χ1) is 6.61. The van der Waals surface area contributed by atoms with Crippen LogP contribution in [0.5, 0.6) is 0 Å². The van der Waals surface area contributed by atoms with Crippen LogP contribution < -0.4 is 0 Å². The molecule has 0 spiro atoms. The topological polar surface area (TPSA) is 20.2 Å². The Balaban J connectivity index is 2.55. The van der Waals surface area contributed by atoms with Gasteiger partial charge in [-0.1, -0.05) is 44.2 Å². The quantitative estimate of drug-likeness (QED) is 0.732. The SMILES string of the molecule is CC(C)[C@H](O)C[C@H](S)c1ccccc1. The lowest BCUT2D eigenvalue weighted by Crippen LogP contribution is -2.16. The zero-order valence-corrected chi connectivity index (χ0v) is 9.61. The molecule has 1 N–H and O–H groups in total. The monoisotopic (exact) mass is 210 g/mol. The summed E-state index contributed by atoms with van der Waals surface area (Å²) >= 11 is 4.49. The van der Waals surface area contributed by atoms with Crippen LogP contribution >= 0.6 is 12.6 Å². The number of benzene rings is 1. The van der Waals surface area contributed by atoms with Gasteiger partial charge in [0.25, 0.3) is 0 Å². The molecule has 0 fully saturated rings. The second-order valence-corrected chi connectivity index (χ2v) is 4.60. The smallest absolute Gasteiger partial charge is 0.0576 e. The van der Waals surface area contributed by atoms with E-state index in [-0.39, 0.29) is 11.4 Å². The van der Waals surface area contributed by atoms with Crippen LogP contribution in [0, 0.1) is 5.92 Å². The Hall–Kier alpha value is -0.470. The Bertz CT molecular complexity index is 258. The van der Waals surface area contributed by atoms with E-state index in [0.29, 0.717) is 12.3 Å². The van der Waals surface area contributed by atoms with Gasteiger partial charge in [0.05, 0.1) is 6.10 Å². The number of hydrogen-bond donors (Lipinski definition) is 2. The van der Waals surface area contributed by atoms with E-state index in [9.17, 15) is 5.11 Å². The third-order valence-corrected chi connectivity index (χ3v) is 2.93. The van der Waals surface area contributed by atoms with Crippen molar-refractivity contribution in [2.75, 3.05) is 0 Å². The lowest BCUT2D eigenvalue weighted by Gasteiger charge is -2.18. The Morgan fingerprint density at radius 2 is 1.79 bits per heavy atom. The van der Waals surface area contributed by atoms with Gasteiger partial charge in [-0.15, -0.1) is 0 Å². The molecular formula is C12H18OS. The first kappa shape index (κ1) is 11.6. The molecule has 0 radical (unpaired) electrons. The maximum absolute atomic E-state index is 9.71. The average Bonchev–Trinajstić information content (AvgIpc) is 2.19. The van der Waals surface area contributed by atoms with E-state index >= 15 is 0 Å². The molecule has 0 amide bonds. The molecule has 0 aromatic heterocycles. The van der Waals surface area contributed by atoms with Crippen molar-refractivity contribution < 1.29 is 5.11 Å². The van der Waals surface area contributed by atoms with Crippen LogP contribution in [0.15, 0.2) is 30.3 Å². The highest BCUT2D eigenvalue weighted by atomic mass is 32.1. The van der Waals surface area contributed by atoms with E-state index < -0.39 is 0 Å². The number of hydrogen-bond acceptors (Lipinski definition) is 2. The van der Waals surface area contributed by atoms with E-state index in [0.717, 1.165) is 0 Å². The van der Waals surface area contributed by atoms with Gasteiger partial charge in [-0.05, 0) is 17.9 Å². The van der Waals surface area contributed by atoms with Gasteiger partial charge in [0, 0.05) is 5.25 Å². The second kappa shape index (κ2) is 5.42. The van der Waals surface area contributed by atoms with E-state index in [1.54, 1.807) is 0 Å². The molecule has 0 heterocycles. The molecule has 0 aliphatic carbocycles. The molecule has 0 bridgehead atoms. The highest BCUT2D eigenvalue weighted by molar-refractivity contribution is 7.80. The summed E-state index contributed by atoms with van der Waals surface area (Å²) in [4.78, 5) is 0. The molecule has 0 aliphatic heterocycles. The first-order valence-electron chi connectivity index (χ1n) is 5.02. The van der Waals surface area contributed by atoms with Crippen LogP contribution in [-0.2, 0) is 0 Å². The minimum atomic E-state index is -0.266. The van der Waals surface area contributed by atoms with Crippen molar-refractivity contribution in [1.29, 1.82) is 0 Å². The summed E-state index contributed by atoms with van der Waals surface area (Å²) in [6, 6.07) is 10.1. The van der Waals surface area contributed by atoms with Gasteiger partial charge in [-0.25, -0.2) is 0 Å². The summed E-state index contributed by atoms with van der Waals surface area (Å²) in [5, 5.41) is 9.84. The molecule has 0 saturated heterocycles. The van der Waals surface area contributed by atoms with Crippen LogP contribution in [0.4, 0.5) is 0 Å². The Morgan fingerprint density at radius 3 is 2.29 bits per heavy atom. The summed E-state index contributed by atoms with van der Waals surface area (Å²) in [5.41, 5.74) is 1.18. The third-order valence-electron chi connectivity index (χ3n) is 2.42. The van der Waals surface area contributed by atoms with Crippen molar-refractivity contribution in [1.82, 2.24) is 0 Å². The van der Waals surface area contributed by atoms with Crippen molar-refractivity contribution >= 4 is 12.6 Å². The predicted octanol–water partition coefficient (Wildman–Crippen LogP) is 3.06. The Morgan fingerprint density at radius 1 is 1.21 bits per heavy atom. The average molecular weight is 210 g/mol. The van der Waals surface area contributed by atoms with Crippen LogP contribution in [0.2, 0.25) is 0 Å². The molecule has 0 aliphatic rings. The molecule has 2 heteroatoms. The first-order valence-corrected chi connectivity index (χ1v) is 5.54. The van der Waals surface area contributed by atoms with Crippen LogP contribution in [0.1, 0.15) is 31.1 Å². The molecule has 2 atom stereocenters. The van der Waals surface area contributed by atoms with E-state index in [1.807, 2.05) is 44.2 Å². The third kappa shape index (κ3) is 3.35. The summed E-state index contributed by atoms with van der Waals surface area (Å²) in [6.45, 7) is 4.05. The lowest BCUT2D eigenvalue weighted by atomic mass is 9.99. The fourth-order valence-electron chi connectivity index (χ4n) is 1.31. The molecular weight excluding hydrogens is 192 g/mol. The van der Waals surface area contributed by atoms with Gasteiger partial charge in [-0.3, -0.25) is 0 Å². The number of aliphatic hydroxyl groups excluding tert-OH is 1. The second-order valence-electron chi connectivity index (χ2n) is 3.97. The number of rotatable bonds is 4. The molecule has 0 unspecified atom stereocenters. The summed E-state index contributed by atoms with van der Waals surface area (Å²) < 4.78 is 0. The van der Waals surface area contributed by atoms with E-state index in [4.69, 9.17) is 0 Å². The minimum absolute atomic E-state index is 0.133. The summed E-state index contributed by atoms with van der Waals surface area (Å²) in [7, 11) is 0. The van der Waals surface area contributed by atoms with Gasteiger partial charge in [0.2, 0.25) is 0 Å².